The minimum Gasteiger partial charge on any atom is -0.497 e. The predicted molar refractivity (Wildman–Crippen MR) is 226 cm³/mol. The number of aliphatic carboxylic acids is 1. The van der Waals surface area contributed by atoms with E-state index < -0.39 is 5.97 Å². The van der Waals surface area contributed by atoms with Gasteiger partial charge in [-0.2, -0.15) is 0 Å². The number of carbonyl (C=O) groups is 3. The fraction of sp³-hybridized carbons (Fsp3) is 0.780. The van der Waals surface area contributed by atoms with Gasteiger partial charge in [-0.15, -0.1) is 0 Å². The molecule has 7 heteroatoms. The molecule has 316 valence electrons. The monoisotopic (exact) mass is 786 g/mol. The molecule has 0 amide bonds. The highest BCUT2D eigenvalue weighted by Crippen LogP contribution is 2.74. The first kappa shape index (κ1) is 42.6. The summed E-state index contributed by atoms with van der Waals surface area (Å²) in [7, 11) is 1.70. The van der Waals surface area contributed by atoms with E-state index >= 15 is 0 Å². The van der Waals surface area contributed by atoms with E-state index in [0.29, 0.717) is 60.4 Å². The lowest BCUT2D eigenvalue weighted by Crippen LogP contribution is -2.62. The minimum absolute atomic E-state index is 0.00404. The number of methoxy groups -OCH3 is 1. The van der Waals surface area contributed by atoms with E-state index in [9.17, 15) is 19.5 Å². The molecule has 2 N–H and O–H groups in total. The summed E-state index contributed by atoms with van der Waals surface area (Å²) in [6, 6.07) is 8.31. The quantitative estimate of drug-likeness (QED) is 0.215. The Morgan fingerprint density at radius 3 is 2.23 bits per heavy atom. The summed E-state index contributed by atoms with van der Waals surface area (Å²) in [4.78, 5) is 39.1. The lowest BCUT2D eigenvalue weighted by atomic mass is 9.35. The Bertz CT molecular complexity index is 1670. The van der Waals surface area contributed by atoms with Crippen molar-refractivity contribution in [2.24, 2.45) is 74.9 Å². The Kier molecular flexibility index (Phi) is 12.3. The molecule has 7 aliphatic rings. The number of ether oxygens (including phenoxy) is 2. The highest BCUT2D eigenvalue weighted by Gasteiger charge is 2.66. The number of carboxylic acid groups (broad SMARTS) is 1. The number of carboxylic acids is 1. The molecule has 1 saturated heterocycles. The van der Waals surface area contributed by atoms with Crippen LogP contribution in [0.25, 0.3) is 0 Å². The van der Waals surface area contributed by atoms with Crippen LogP contribution in [0, 0.1) is 74.9 Å². The van der Waals surface area contributed by atoms with Crippen molar-refractivity contribution >= 4 is 17.5 Å². The van der Waals surface area contributed by atoms with Crippen LogP contribution < -0.4 is 10.1 Å². The van der Waals surface area contributed by atoms with Crippen molar-refractivity contribution < 1.29 is 29.0 Å². The molecular weight excluding hydrogens is 711 g/mol. The van der Waals surface area contributed by atoms with Gasteiger partial charge in [-0.25, -0.2) is 0 Å². The number of carbonyl (C=O) groups excluding carboxylic acids is 2. The van der Waals surface area contributed by atoms with Crippen molar-refractivity contribution in [2.45, 2.75) is 145 Å². The molecule has 1 aromatic rings. The standard InChI is InChI=1S/C46H67NO5.C4H8O/c1-27(2)40-37(49)25-46(21-22-47-26-29-9-11-31(52-8)12-10-29)20-16-35-32(41(40)46)13-14-39-44(35,6)19-17-38-43(4,5)30(15-18-45(38,39)7)23-36(48)33-24-34(28(33)3)42(50)51;1-2-4-5-3-1/h9-12,27-28,30,32-35,38-39,47H,13-26H2,1-8H3,(H,50,51);1-4H2. The second-order valence-corrected chi connectivity index (χ2v) is 21.3. The van der Waals surface area contributed by atoms with Crippen molar-refractivity contribution in [3.8, 4) is 5.75 Å². The third-order valence-corrected chi connectivity index (χ3v) is 18.0. The SMILES string of the molecule is C1CCOC1.COc1ccc(CNCCC23CCC4C(CCC5C4(C)CCC4C(C)(C)C(CC(=O)C6CC(C(=O)O)C6C)CCC45C)C2=C(C(C)C)C(=O)C3)cc1. The highest BCUT2D eigenvalue weighted by molar-refractivity contribution is 6.00. The predicted octanol–water partition coefficient (Wildman–Crippen LogP) is 10.5. The molecule has 5 saturated carbocycles. The van der Waals surface area contributed by atoms with Crippen LogP contribution in [0.4, 0.5) is 0 Å². The van der Waals surface area contributed by atoms with Gasteiger partial charge in [0.05, 0.1) is 13.0 Å². The van der Waals surface area contributed by atoms with E-state index in [1.54, 1.807) is 12.7 Å². The normalized spacial score (nSPS) is 39.2. The van der Waals surface area contributed by atoms with Crippen LogP contribution in [0.15, 0.2) is 35.4 Å². The Hall–Kier alpha value is -2.51. The van der Waals surface area contributed by atoms with E-state index in [0.717, 1.165) is 51.3 Å². The van der Waals surface area contributed by atoms with Gasteiger partial charge in [-0.05, 0) is 165 Å². The number of allylic oxidation sites excluding steroid dienone is 2. The van der Waals surface area contributed by atoms with Gasteiger partial charge in [0.25, 0.3) is 0 Å². The third-order valence-electron chi connectivity index (χ3n) is 18.0. The van der Waals surface area contributed by atoms with E-state index in [4.69, 9.17) is 9.47 Å². The van der Waals surface area contributed by atoms with E-state index in [2.05, 4.69) is 59.0 Å². The maximum absolute atomic E-state index is 13.9. The Labute approximate surface area is 344 Å². The molecule has 6 fully saturated rings. The Balaban J connectivity index is 0.000000921. The van der Waals surface area contributed by atoms with Crippen LogP contribution >= 0.6 is 0 Å². The van der Waals surface area contributed by atoms with Crippen molar-refractivity contribution in [3.63, 3.8) is 0 Å². The van der Waals surface area contributed by atoms with Gasteiger partial charge in [-0.3, -0.25) is 14.4 Å². The number of hydrogen-bond acceptors (Lipinski definition) is 6. The molecule has 0 radical (unpaired) electrons. The van der Waals surface area contributed by atoms with E-state index in [1.807, 2.05) is 19.1 Å². The molecule has 8 rings (SSSR count). The van der Waals surface area contributed by atoms with Crippen molar-refractivity contribution in [1.82, 2.24) is 5.32 Å². The third kappa shape index (κ3) is 7.61. The average Bonchev–Trinajstić information content (AvgIpc) is 3.84. The molecular formula is C50H75NO6. The summed E-state index contributed by atoms with van der Waals surface area (Å²) >= 11 is 0. The van der Waals surface area contributed by atoms with Crippen molar-refractivity contribution in [1.29, 1.82) is 0 Å². The topological polar surface area (TPSA) is 102 Å². The van der Waals surface area contributed by atoms with Gasteiger partial charge in [0, 0.05) is 43.9 Å². The van der Waals surface area contributed by atoms with Crippen LogP contribution in [0.3, 0.4) is 0 Å². The number of hydrogen-bond donors (Lipinski definition) is 2. The Morgan fingerprint density at radius 1 is 0.912 bits per heavy atom. The van der Waals surface area contributed by atoms with Crippen LogP contribution in [-0.4, -0.2) is 49.5 Å². The first-order chi connectivity index (χ1) is 27.1. The number of benzene rings is 1. The number of ketones is 2. The average molecular weight is 786 g/mol. The van der Waals surface area contributed by atoms with Crippen LogP contribution in [0.1, 0.15) is 144 Å². The Morgan fingerprint density at radius 2 is 1.61 bits per heavy atom. The fourth-order valence-electron chi connectivity index (χ4n) is 14.9. The molecule has 1 aromatic carbocycles. The summed E-state index contributed by atoms with van der Waals surface area (Å²) in [5.74, 6) is 3.43. The summed E-state index contributed by atoms with van der Waals surface area (Å²) in [5, 5.41) is 13.3. The number of nitrogens with one attached hydrogen (secondary N) is 1. The number of fused-ring (bicyclic) bond motifs is 7. The van der Waals surface area contributed by atoms with Gasteiger partial charge < -0.3 is 19.9 Å². The van der Waals surface area contributed by atoms with E-state index in [-0.39, 0.29) is 45.3 Å². The summed E-state index contributed by atoms with van der Waals surface area (Å²) in [6.45, 7) is 20.4. The van der Waals surface area contributed by atoms with Gasteiger partial charge >= 0.3 is 5.97 Å². The van der Waals surface area contributed by atoms with Gasteiger partial charge in [0.15, 0.2) is 5.78 Å². The van der Waals surface area contributed by atoms with Crippen LogP contribution in [0.5, 0.6) is 5.75 Å². The molecule has 7 nitrogen and oxygen atoms in total. The summed E-state index contributed by atoms with van der Waals surface area (Å²) in [6.07, 6.45) is 15.0. The first-order valence-electron chi connectivity index (χ1n) is 23.0. The molecule has 57 heavy (non-hydrogen) atoms. The van der Waals surface area contributed by atoms with Crippen LogP contribution in [0.2, 0.25) is 0 Å². The smallest absolute Gasteiger partial charge is 0.306 e. The molecule has 1 aliphatic heterocycles. The van der Waals surface area contributed by atoms with Gasteiger partial charge in [0.2, 0.25) is 0 Å². The highest BCUT2D eigenvalue weighted by atomic mass is 16.5. The second-order valence-electron chi connectivity index (χ2n) is 21.3. The number of rotatable bonds is 11. The fourth-order valence-corrected chi connectivity index (χ4v) is 14.9. The second kappa shape index (κ2) is 16.5. The summed E-state index contributed by atoms with van der Waals surface area (Å²) < 4.78 is 10.3. The molecule has 11 unspecified atom stereocenters. The van der Waals surface area contributed by atoms with E-state index in [1.165, 1.54) is 62.5 Å². The van der Waals surface area contributed by atoms with Crippen molar-refractivity contribution in [2.75, 3.05) is 26.9 Å². The summed E-state index contributed by atoms with van der Waals surface area (Å²) in [5.41, 5.74) is 4.62. The molecule has 11 atom stereocenters. The zero-order valence-electron chi connectivity index (χ0n) is 36.7. The molecule has 1 heterocycles. The zero-order chi connectivity index (χ0) is 40.9. The van der Waals surface area contributed by atoms with Crippen LogP contribution in [-0.2, 0) is 25.7 Å². The largest absolute Gasteiger partial charge is 0.497 e. The maximum Gasteiger partial charge on any atom is 0.306 e. The van der Waals surface area contributed by atoms with Crippen molar-refractivity contribution in [3.05, 3.63) is 41.0 Å². The van der Waals surface area contributed by atoms with Gasteiger partial charge in [0.1, 0.15) is 11.5 Å². The lowest BCUT2D eigenvalue weighted by molar-refractivity contribution is -0.193. The molecule has 6 aliphatic carbocycles. The minimum atomic E-state index is -0.747. The lowest BCUT2D eigenvalue weighted by Gasteiger charge is -2.69. The molecule has 0 aromatic heterocycles. The molecule has 0 bridgehead atoms. The zero-order valence-corrected chi connectivity index (χ0v) is 36.7. The maximum atomic E-state index is 13.9. The first-order valence-corrected chi connectivity index (χ1v) is 23.0. The molecule has 0 spiro atoms. The van der Waals surface area contributed by atoms with Gasteiger partial charge in [-0.1, -0.05) is 66.2 Å². The number of Topliss-reactive ketones (excluding diaryl/α,β-unsaturated/α-hetero) is 2.